The van der Waals surface area contributed by atoms with E-state index in [9.17, 15) is 0 Å². The fourth-order valence-electron chi connectivity index (χ4n) is 1.18. The Hall–Kier alpha value is -1.36. The molecule has 0 fully saturated rings. The zero-order valence-electron chi connectivity index (χ0n) is 8.74. The highest BCUT2D eigenvalue weighted by Gasteiger charge is 2.12. The number of anilines is 1. The van der Waals surface area contributed by atoms with Gasteiger partial charge < -0.3 is 10.6 Å². The van der Waals surface area contributed by atoms with Crippen molar-refractivity contribution >= 4 is 23.3 Å². The fourth-order valence-corrected chi connectivity index (χ4v) is 1.43. The number of hydrogen-bond donors (Lipinski definition) is 2. The van der Waals surface area contributed by atoms with Gasteiger partial charge >= 0.3 is 0 Å². The maximum absolute atomic E-state index is 7.30. The normalized spacial score (nSPS) is 12.2. The molecule has 1 unspecified atom stereocenters. The van der Waals surface area contributed by atoms with Gasteiger partial charge in [-0.3, -0.25) is 5.41 Å². The summed E-state index contributed by atoms with van der Waals surface area (Å²) in [5.41, 5.74) is 5.39. The Morgan fingerprint density at radius 3 is 2.93 bits per heavy atom. The van der Waals surface area contributed by atoms with Gasteiger partial charge in [0, 0.05) is 19.5 Å². The number of nitrogens with two attached hydrogens (primary N) is 1. The van der Waals surface area contributed by atoms with Gasteiger partial charge in [-0.1, -0.05) is 18.5 Å². The minimum Gasteiger partial charge on any atom is -0.387 e. The van der Waals surface area contributed by atoms with Crippen LogP contribution >= 0.6 is 11.6 Å². The van der Waals surface area contributed by atoms with Crippen LogP contribution in [0.15, 0.2) is 12.5 Å². The Balaban J connectivity index is 2.73. The van der Waals surface area contributed by atoms with E-state index >= 15 is 0 Å². The fraction of sp³-hybridized carbons (Fsp3) is 0.444. The Morgan fingerprint density at radius 1 is 1.73 bits per heavy atom. The van der Waals surface area contributed by atoms with Crippen LogP contribution in [0.1, 0.15) is 6.92 Å². The molecule has 1 atom stereocenters. The number of hydrogen-bond acceptors (Lipinski definition) is 4. The summed E-state index contributed by atoms with van der Waals surface area (Å²) in [5.74, 6) is 0.785. The lowest BCUT2D eigenvalue weighted by Gasteiger charge is -2.22. The first kappa shape index (κ1) is 11.7. The van der Waals surface area contributed by atoms with E-state index in [2.05, 4.69) is 9.97 Å². The highest BCUT2D eigenvalue weighted by atomic mass is 35.5. The Labute approximate surface area is 93.8 Å². The van der Waals surface area contributed by atoms with Gasteiger partial charge in [0.1, 0.15) is 11.3 Å². The summed E-state index contributed by atoms with van der Waals surface area (Å²) in [6.07, 6.45) is 2.98. The molecule has 0 bridgehead atoms. The van der Waals surface area contributed by atoms with Gasteiger partial charge in [0.25, 0.3) is 0 Å². The van der Waals surface area contributed by atoms with Crippen LogP contribution in [0.4, 0.5) is 5.82 Å². The maximum atomic E-state index is 7.30. The van der Waals surface area contributed by atoms with Crippen molar-refractivity contribution in [1.29, 1.82) is 5.41 Å². The minimum atomic E-state index is -0.0268. The van der Waals surface area contributed by atoms with E-state index in [4.69, 9.17) is 22.7 Å². The first-order valence-electron chi connectivity index (χ1n) is 4.53. The van der Waals surface area contributed by atoms with Crippen LogP contribution in [0.3, 0.4) is 0 Å². The van der Waals surface area contributed by atoms with Crippen LogP contribution in [0.25, 0.3) is 0 Å². The molecular weight excluding hydrogens is 214 g/mol. The first-order chi connectivity index (χ1) is 7.02. The molecule has 0 spiro atoms. The van der Waals surface area contributed by atoms with Gasteiger partial charge in [-0.25, -0.2) is 9.97 Å². The minimum absolute atomic E-state index is 0.0268. The van der Waals surface area contributed by atoms with E-state index in [1.165, 1.54) is 6.33 Å². The number of halogens is 1. The molecule has 15 heavy (non-hydrogen) atoms. The van der Waals surface area contributed by atoms with Crippen LogP contribution in [-0.4, -0.2) is 29.4 Å². The average Bonchev–Trinajstić information content (AvgIpc) is 2.18. The molecule has 82 valence electrons. The van der Waals surface area contributed by atoms with Gasteiger partial charge in [-0.15, -0.1) is 0 Å². The van der Waals surface area contributed by atoms with Crippen molar-refractivity contribution in [2.24, 2.45) is 11.7 Å². The third-order valence-corrected chi connectivity index (χ3v) is 2.36. The summed E-state index contributed by atoms with van der Waals surface area (Å²) in [7, 11) is 1.85. The summed E-state index contributed by atoms with van der Waals surface area (Å²) in [6.45, 7) is 2.49. The van der Waals surface area contributed by atoms with Crippen molar-refractivity contribution in [3.63, 3.8) is 0 Å². The zero-order valence-corrected chi connectivity index (χ0v) is 9.49. The smallest absolute Gasteiger partial charge is 0.150 e. The summed E-state index contributed by atoms with van der Waals surface area (Å²) < 4.78 is 0. The van der Waals surface area contributed by atoms with Crippen LogP contribution in [0.5, 0.6) is 0 Å². The van der Waals surface area contributed by atoms with Gasteiger partial charge in [0.05, 0.1) is 12.0 Å². The van der Waals surface area contributed by atoms with E-state index in [-0.39, 0.29) is 11.8 Å². The van der Waals surface area contributed by atoms with Crippen molar-refractivity contribution in [1.82, 2.24) is 9.97 Å². The third-order valence-electron chi connectivity index (χ3n) is 2.09. The Bertz CT molecular complexity index is 354. The summed E-state index contributed by atoms with van der Waals surface area (Å²) in [4.78, 5) is 9.72. The van der Waals surface area contributed by atoms with E-state index in [1.807, 2.05) is 18.9 Å². The van der Waals surface area contributed by atoms with E-state index in [1.54, 1.807) is 6.20 Å². The molecule has 5 nitrogen and oxygen atoms in total. The van der Waals surface area contributed by atoms with Crippen molar-refractivity contribution in [3.05, 3.63) is 17.5 Å². The van der Waals surface area contributed by atoms with Crippen molar-refractivity contribution in [3.8, 4) is 0 Å². The lowest BCUT2D eigenvalue weighted by Crippen LogP contribution is -2.32. The molecule has 0 aliphatic rings. The van der Waals surface area contributed by atoms with Crippen molar-refractivity contribution in [2.45, 2.75) is 6.92 Å². The van der Waals surface area contributed by atoms with Gasteiger partial charge in [0.15, 0.2) is 5.82 Å². The number of rotatable bonds is 4. The molecule has 0 amide bonds. The van der Waals surface area contributed by atoms with Crippen LogP contribution in [0, 0.1) is 11.3 Å². The topological polar surface area (TPSA) is 78.9 Å². The molecule has 6 heteroatoms. The first-order valence-corrected chi connectivity index (χ1v) is 4.90. The van der Waals surface area contributed by atoms with Gasteiger partial charge in [0.2, 0.25) is 0 Å². The quantitative estimate of drug-likeness (QED) is 0.597. The summed E-state index contributed by atoms with van der Waals surface area (Å²) in [6, 6.07) is 0. The SMILES string of the molecule is CC(CN(C)c1ncncc1Cl)C(=N)N. The molecule has 0 saturated carbocycles. The zero-order chi connectivity index (χ0) is 11.4. The van der Waals surface area contributed by atoms with Crippen LogP contribution < -0.4 is 10.6 Å². The standard InChI is InChI=1S/C9H14ClN5/c1-6(8(11)12)4-15(2)9-7(10)3-13-5-14-9/h3,5-6H,4H2,1-2H3,(H3,11,12). The van der Waals surface area contributed by atoms with Crippen LogP contribution in [-0.2, 0) is 0 Å². The van der Waals surface area contributed by atoms with Crippen molar-refractivity contribution in [2.75, 3.05) is 18.5 Å². The molecule has 0 radical (unpaired) electrons. The van der Waals surface area contributed by atoms with Gasteiger partial charge in [-0.05, 0) is 0 Å². The molecule has 1 rings (SSSR count). The highest BCUT2D eigenvalue weighted by Crippen LogP contribution is 2.20. The molecule has 3 N–H and O–H groups in total. The number of nitrogens with one attached hydrogen (secondary N) is 1. The molecule has 1 aromatic heterocycles. The van der Waals surface area contributed by atoms with Crippen molar-refractivity contribution < 1.29 is 0 Å². The molecule has 0 aromatic carbocycles. The maximum Gasteiger partial charge on any atom is 0.150 e. The Morgan fingerprint density at radius 2 is 2.40 bits per heavy atom. The molecule has 1 heterocycles. The lowest BCUT2D eigenvalue weighted by molar-refractivity contribution is 0.722. The van der Waals surface area contributed by atoms with Crippen LogP contribution in [0.2, 0.25) is 5.02 Å². The van der Waals surface area contributed by atoms with E-state index < -0.39 is 0 Å². The largest absolute Gasteiger partial charge is 0.387 e. The summed E-state index contributed by atoms with van der Waals surface area (Å²) in [5, 5.41) is 7.79. The second kappa shape index (κ2) is 4.93. The number of aromatic nitrogens is 2. The number of amidine groups is 1. The van der Waals surface area contributed by atoms with Gasteiger partial charge in [-0.2, -0.15) is 0 Å². The highest BCUT2D eigenvalue weighted by molar-refractivity contribution is 6.32. The molecule has 0 aliphatic heterocycles. The van der Waals surface area contributed by atoms with E-state index in [0.29, 0.717) is 17.4 Å². The molecular formula is C9H14ClN5. The molecule has 0 aliphatic carbocycles. The second-order valence-corrected chi connectivity index (χ2v) is 3.84. The molecule has 0 saturated heterocycles. The van der Waals surface area contributed by atoms with E-state index in [0.717, 1.165) is 0 Å². The Kier molecular flexibility index (Phi) is 3.85. The molecule has 1 aromatic rings. The predicted octanol–water partition coefficient (Wildman–Crippen LogP) is 1.14. The lowest BCUT2D eigenvalue weighted by atomic mass is 10.1. The monoisotopic (exact) mass is 227 g/mol. The predicted molar refractivity (Wildman–Crippen MR) is 61.4 cm³/mol. The second-order valence-electron chi connectivity index (χ2n) is 3.43. The number of nitrogens with zero attached hydrogens (tertiary/aromatic N) is 3. The third kappa shape index (κ3) is 3.06. The average molecular weight is 228 g/mol. The summed E-state index contributed by atoms with van der Waals surface area (Å²) >= 11 is 5.93.